The van der Waals surface area contributed by atoms with E-state index >= 15 is 0 Å². The fourth-order valence-electron chi connectivity index (χ4n) is 0.840. The highest BCUT2D eigenvalue weighted by molar-refractivity contribution is 8.00. The van der Waals surface area contributed by atoms with Gasteiger partial charge in [0.1, 0.15) is 0 Å². The second-order valence-electron chi connectivity index (χ2n) is 2.78. The summed E-state index contributed by atoms with van der Waals surface area (Å²) in [5.74, 6) is 1.27. The summed E-state index contributed by atoms with van der Waals surface area (Å²) in [6.45, 7) is 6.92. The van der Waals surface area contributed by atoms with Crippen LogP contribution in [0.2, 0.25) is 0 Å². The lowest BCUT2D eigenvalue weighted by Gasteiger charge is -2.29. The Hall–Kier alpha value is 0.600. The number of nitrogens with one attached hydrogen (secondary N) is 1. The molecule has 0 atom stereocenters. The Bertz CT molecular complexity index is 77.1. The third-order valence-corrected chi connectivity index (χ3v) is 2.66. The molecule has 0 unspecified atom stereocenters. The molecule has 0 bridgehead atoms. The van der Waals surface area contributed by atoms with E-state index < -0.39 is 0 Å². The minimum Gasteiger partial charge on any atom is -0.315 e. The van der Waals surface area contributed by atoms with Gasteiger partial charge in [-0.2, -0.15) is 11.8 Å². The van der Waals surface area contributed by atoms with E-state index in [0.29, 0.717) is 4.75 Å². The van der Waals surface area contributed by atoms with Gasteiger partial charge in [-0.3, -0.25) is 0 Å². The van der Waals surface area contributed by atoms with Gasteiger partial charge in [-0.25, -0.2) is 0 Å². The van der Waals surface area contributed by atoms with Crippen LogP contribution in [0.5, 0.6) is 0 Å². The lowest BCUT2D eigenvalue weighted by molar-refractivity contribution is 0.588. The first-order valence-corrected chi connectivity index (χ1v) is 4.04. The van der Waals surface area contributed by atoms with Gasteiger partial charge in [0.05, 0.1) is 0 Å². The molecular formula is C6H14ClNS. The average Bonchev–Trinajstić information content (AvgIpc) is 1.65. The van der Waals surface area contributed by atoms with E-state index in [2.05, 4.69) is 30.9 Å². The van der Waals surface area contributed by atoms with Crippen LogP contribution in [0.25, 0.3) is 0 Å². The molecule has 0 radical (unpaired) electrons. The molecule has 1 N–H and O–H groups in total. The minimum atomic E-state index is 0. The third-order valence-electron chi connectivity index (χ3n) is 1.32. The van der Waals surface area contributed by atoms with Gasteiger partial charge in [0.15, 0.2) is 0 Å². The van der Waals surface area contributed by atoms with Crippen LogP contribution in [0.1, 0.15) is 13.8 Å². The fraction of sp³-hybridized carbons (Fsp3) is 1.00. The molecule has 1 nitrogen and oxygen atoms in total. The summed E-state index contributed by atoms with van der Waals surface area (Å²) in [7, 11) is 0. The van der Waals surface area contributed by atoms with Crippen molar-refractivity contribution in [3.63, 3.8) is 0 Å². The second kappa shape index (κ2) is 3.69. The van der Waals surface area contributed by atoms with Gasteiger partial charge >= 0.3 is 0 Å². The molecule has 0 saturated carbocycles. The van der Waals surface area contributed by atoms with Crippen LogP contribution in [0.4, 0.5) is 0 Å². The summed E-state index contributed by atoms with van der Waals surface area (Å²) < 4.78 is 0.484. The molecule has 1 saturated heterocycles. The SMILES string of the molecule is CC1(C)CNCCS1.Cl. The highest BCUT2D eigenvalue weighted by Crippen LogP contribution is 2.24. The van der Waals surface area contributed by atoms with E-state index in [1.807, 2.05) is 0 Å². The number of hydrogen-bond acceptors (Lipinski definition) is 2. The largest absolute Gasteiger partial charge is 0.315 e. The van der Waals surface area contributed by atoms with E-state index in [1.54, 1.807) is 0 Å². The Balaban J connectivity index is 0.000000640. The molecule has 0 aliphatic carbocycles. The fourth-order valence-corrected chi connectivity index (χ4v) is 1.84. The first-order chi connectivity index (χ1) is 3.71. The van der Waals surface area contributed by atoms with Crippen molar-refractivity contribution in [2.75, 3.05) is 18.8 Å². The Kier molecular flexibility index (Phi) is 3.94. The first kappa shape index (κ1) is 9.60. The van der Waals surface area contributed by atoms with Crippen LogP contribution in [0.3, 0.4) is 0 Å². The van der Waals surface area contributed by atoms with Crippen LogP contribution < -0.4 is 5.32 Å². The van der Waals surface area contributed by atoms with Crippen molar-refractivity contribution in [2.45, 2.75) is 18.6 Å². The molecule has 1 heterocycles. The van der Waals surface area contributed by atoms with Gasteiger partial charge in [0.2, 0.25) is 0 Å². The van der Waals surface area contributed by atoms with Gasteiger partial charge in [0.25, 0.3) is 0 Å². The maximum absolute atomic E-state index is 3.35. The molecule has 0 aromatic heterocycles. The number of halogens is 1. The van der Waals surface area contributed by atoms with Crippen molar-refractivity contribution in [1.82, 2.24) is 5.32 Å². The average molecular weight is 168 g/mol. The minimum absolute atomic E-state index is 0. The number of rotatable bonds is 0. The van der Waals surface area contributed by atoms with Crippen LogP contribution in [-0.2, 0) is 0 Å². The molecule has 56 valence electrons. The Morgan fingerprint density at radius 2 is 2.11 bits per heavy atom. The molecule has 0 amide bonds. The molecule has 0 aromatic rings. The van der Waals surface area contributed by atoms with Gasteiger partial charge in [-0.15, -0.1) is 12.4 Å². The molecule has 9 heavy (non-hydrogen) atoms. The smallest absolute Gasteiger partial charge is 0.0228 e. The Morgan fingerprint density at radius 1 is 1.44 bits per heavy atom. The highest BCUT2D eigenvalue weighted by atomic mass is 35.5. The molecular weight excluding hydrogens is 154 g/mol. The zero-order valence-corrected chi connectivity index (χ0v) is 7.57. The van der Waals surface area contributed by atoms with Crippen molar-refractivity contribution in [2.24, 2.45) is 0 Å². The lowest BCUT2D eigenvalue weighted by Crippen LogP contribution is -2.39. The third kappa shape index (κ3) is 3.33. The van der Waals surface area contributed by atoms with Crippen LogP contribution in [-0.4, -0.2) is 23.6 Å². The topological polar surface area (TPSA) is 12.0 Å². The van der Waals surface area contributed by atoms with Crippen molar-refractivity contribution in [3.05, 3.63) is 0 Å². The summed E-state index contributed by atoms with van der Waals surface area (Å²) in [5.41, 5.74) is 0. The van der Waals surface area contributed by atoms with Gasteiger partial charge in [-0.05, 0) is 13.8 Å². The first-order valence-electron chi connectivity index (χ1n) is 3.05. The molecule has 0 aromatic carbocycles. The summed E-state index contributed by atoms with van der Waals surface area (Å²) in [6, 6.07) is 0. The van der Waals surface area contributed by atoms with Crippen molar-refractivity contribution in [1.29, 1.82) is 0 Å². The lowest BCUT2D eigenvalue weighted by atomic mass is 10.2. The predicted octanol–water partition coefficient (Wildman–Crippen LogP) is 1.52. The maximum atomic E-state index is 3.35. The number of hydrogen-bond donors (Lipinski definition) is 1. The van der Waals surface area contributed by atoms with Crippen LogP contribution in [0.15, 0.2) is 0 Å². The van der Waals surface area contributed by atoms with E-state index in [4.69, 9.17) is 0 Å². The van der Waals surface area contributed by atoms with Gasteiger partial charge in [0, 0.05) is 23.6 Å². The molecule has 1 fully saturated rings. The Labute approximate surface area is 67.4 Å². The van der Waals surface area contributed by atoms with Crippen molar-refractivity contribution < 1.29 is 0 Å². The molecule has 1 aliphatic rings. The van der Waals surface area contributed by atoms with E-state index in [9.17, 15) is 0 Å². The monoisotopic (exact) mass is 167 g/mol. The van der Waals surface area contributed by atoms with Crippen LogP contribution in [0, 0.1) is 0 Å². The van der Waals surface area contributed by atoms with E-state index in [-0.39, 0.29) is 12.4 Å². The van der Waals surface area contributed by atoms with Crippen molar-refractivity contribution in [3.8, 4) is 0 Å². The second-order valence-corrected chi connectivity index (χ2v) is 4.59. The quantitative estimate of drug-likeness (QED) is 0.588. The summed E-state index contributed by atoms with van der Waals surface area (Å²) >= 11 is 2.06. The molecule has 3 heteroatoms. The summed E-state index contributed by atoms with van der Waals surface area (Å²) in [5, 5.41) is 3.35. The molecule has 1 rings (SSSR count). The van der Waals surface area contributed by atoms with Crippen molar-refractivity contribution >= 4 is 24.2 Å². The van der Waals surface area contributed by atoms with Gasteiger partial charge < -0.3 is 5.32 Å². The molecule has 1 aliphatic heterocycles. The summed E-state index contributed by atoms with van der Waals surface area (Å²) in [6.07, 6.45) is 0. The molecule has 0 spiro atoms. The predicted molar refractivity (Wildman–Crippen MR) is 46.7 cm³/mol. The zero-order chi connectivity index (χ0) is 6.04. The standard InChI is InChI=1S/C6H13NS.ClH/c1-6(2)5-7-3-4-8-6;/h7H,3-5H2,1-2H3;1H. The highest BCUT2D eigenvalue weighted by Gasteiger charge is 2.20. The normalized spacial score (nSPS) is 24.7. The van der Waals surface area contributed by atoms with Crippen LogP contribution >= 0.6 is 24.2 Å². The van der Waals surface area contributed by atoms with E-state index in [0.717, 1.165) is 6.54 Å². The maximum Gasteiger partial charge on any atom is 0.0228 e. The zero-order valence-electron chi connectivity index (χ0n) is 5.94. The van der Waals surface area contributed by atoms with E-state index in [1.165, 1.54) is 12.3 Å². The summed E-state index contributed by atoms with van der Waals surface area (Å²) in [4.78, 5) is 0. The number of thioether (sulfide) groups is 1. The Morgan fingerprint density at radius 3 is 2.33 bits per heavy atom. The van der Waals surface area contributed by atoms with Gasteiger partial charge in [-0.1, -0.05) is 0 Å².